The number of rotatable bonds is 7. The van der Waals surface area contributed by atoms with Crippen molar-refractivity contribution in [3.05, 3.63) is 270 Å². The average Bonchev–Trinajstić information content (AvgIpc) is 3.93. The molecule has 0 fully saturated rings. The predicted molar refractivity (Wildman–Crippen MR) is 309 cm³/mol. The molecule has 13 rings (SSSR count). The Balaban J connectivity index is 0.960. The van der Waals surface area contributed by atoms with E-state index in [-0.39, 0.29) is 10.8 Å². The number of fused-ring (bicyclic) bond motifs is 8. The first-order chi connectivity index (χ1) is 35.4. The van der Waals surface area contributed by atoms with E-state index in [0.717, 1.165) is 39.0 Å². The van der Waals surface area contributed by atoms with Crippen LogP contribution < -0.4 is 4.90 Å². The molecule has 12 aromatic rings. The normalized spacial score (nSPS) is 13.2. The smallest absolute Gasteiger partial charge is 0.135 e. The van der Waals surface area contributed by atoms with E-state index in [1.165, 1.54) is 88.3 Å². The first-order valence-electron chi connectivity index (χ1n) is 25.7. The minimum absolute atomic E-state index is 0.0213. The van der Waals surface area contributed by atoms with Gasteiger partial charge >= 0.3 is 0 Å². The zero-order chi connectivity index (χ0) is 49.6. The highest BCUT2D eigenvalue weighted by atomic mass is 16.3. The largest absolute Gasteiger partial charge is 0.456 e. The standard InChI is InChI=1S/C71H57NO/c1-69(2,3)54-27-31-56(32-28-54)71(57-33-29-55(30-34-57)70(4,5)6)65-17-11-9-15-61(65)62-39-37-60(45-66(62)71)72(59-38-40-68-64(44-59)63-16-10-12-18-67(63)73-68)58-35-25-47(26-36-58)49-21-22-52-43-53(24-23-51(52)42-49)50-20-19-46-13-7-8-14-48(46)41-50/h7-45H,1-6H3. The van der Waals surface area contributed by atoms with Crippen molar-refractivity contribution >= 4 is 60.5 Å². The van der Waals surface area contributed by atoms with Gasteiger partial charge in [0.05, 0.1) is 5.41 Å². The van der Waals surface area contributed by atoms with E-state index < -0.39 is 5.41 Å². The first-order valence-corrected chi connectivity index (χ1v) is 25.7. The van der Waals surface area contributed by atoms with Crippen LogP contribution in [0.15, 0.2) is 241 Å². The fourth-order valence-corrected chi connectivity index (χ4v) is 11.7. The summed E-state index contributed by atoms with van der Waals surface area (Å²) in [5, 5.41) is 7.16. The van der Waals surface area contributed by atoms with Crippen molar-refractivity contribution < 1.29 is 4.42 Å². The van der Waals surface area contributed by atoms with Gasteiger partial charge in [-0.15, -0.1) is 0 Å². The van der Waals surface area contributed by atoms with Gasteiger partial charge in [0.25, 0.3) is 0 Å². The van der Waals surface area contributed by atoms with Crippen LogP contribution in [0.2, 0.25) is 0 Å². The van der Waals surface area contributed by atoms with E-state index in [1.807, 2.05) is 6.07 Å². The first kappa shape index (κ1) is 44.5. The Kier molecular flexibility index (Phi) is 10.3. The molecule has 0 unspecified atom stereocenters. The fourth-order valence-electron chi connectivity index (χ4n) is 11.7. The third kappa shape index (κ3) is 7.47. The van der Waals surface area contributed by atoms with Gasteiger partial charge in [0.1, 0.15) is 11.2 Å². The summed E-state index contributed by atoms with van der Waals surface area (Å²) in [4.78, 5) is 2.43. The number of hydrogen-bond acceptors (Lipinski definition) is 2. The molecule has 1 aliphatic carbocycles. The highest BCUT2D eigenvalue weighted by Gasteiger charge is 2.46. The van der Waals surface area contributed by atoms with Gasteiger partial charge < -0.3 is 9.32 Å². The monoisotopic (exact) mass is 939 g/mol. The van der Waals surface area contributed by atoms with Gasteiger partial charge in [0.2, 0.25) is 0 Å². The van der Waals surface area contributed by atoms with Crippen molar-refractivity contribution in [2.75, 3.05) is 4.90 Å². The Hall–Kier alpha value is -8.46. The molecule has 0 aliphatic heterocycles. The molecule has 2 heteroatoms. The number of para-hydroxylation sites is 1. The Bertz CT molecular complexity index is 4030. The van der Waals surface area contributed by atoms with Gasteiger partial charge in [-0.3, -0.25) is 0 Å². The molecule has 0 N–H and O–H groups in total. The molecule has 0 atom stereocenters. The lowest BCUT2D eigenvalue weighted by Gasteiger charge is -2.36. The molecule has 352 valence electrons. The second-order valence-electron chi connectivity index (χ2n) is 22.2. The second kappa shape index (κ2) is 16.8. The summed E-state index contributed by atoms with van der Waals surface area (Å²) >= 11 is 0. The van der Waals surface area contributed by atoms with Crippen molar-refractivity contribution in [3.8, 4) is 33.4 Å². The van der Waals surface area contributed by atoms with Gasteiger partial charge in [-0.05, 0) is 166 Å². The van der Waals surface area contributed by atoms with E-state index in [9.17, 15) is 0 Å². The minimum Gasteiger partial charge on any atom is -0.456 e. The molecule has 11 aromatic carbocycles. The van der Waals surface area contributed by atoms with E-state index in [2.05, 4.69) is 277 Å². The second-order valence-corrected chi connectivity index (χ2v) is 22.2. The van der Waals surface area contributed by atoms with Crippen molar-refractivity contribution in [1.29, 1.82) is 0 Å². The van der Waals surface area contributed by atoms with Crippen LogP contribution in [-0.2, 0) is 16.2 Å². The summed E-state index contributed by atoms with van der Waals surface area (Å²) in [6.07, 6.45) is 0. The van der Waals surface area contributed by atoms with Crippen LogP contribution in [0.1, 0.15) is 74.9 Å². The molecule has 1 heterocycles. The van der Waals surface area contributed by atoms with Gasteiger partial charge in [0, 0.05) is 27.8 Å². The Morgan fingerprint density at radius 1 is 0.329 bits per heavy atom. The summed E-state index contributed by atoms with van der Waals surface area (Å²) in [5.74, 6) is 0. The maximum Gasteiger partial charge on any atom is 0.135 e. The van der Waals surface area contributed by atoms with Crippen LogP contribution in [0, 0.1) is 0 Å². The van der Waals surface area contributed by atoms with Crippen molar-refractivity contribution in [1.82, 2.24) is 0 Å². The summed E-state index contributed by atoms with van der Waals surface area (Å²) in [7, 11) is 0. The van der Waals surface area contributed by atoms with Crippen LogP contribution in [0.25, 0.3) is 76.9 Å². The van der Waals surface area contributed by atoms with Crippen LogP contribution >= 0.6 is 0 Å². The SMILES string of the molecule is CC(C)(C)c1ccc(C2(c3ccc(C(C)(C)C)cc3)c3ccccc3-c3ccc(N(c4ccc(-c5ccc6cc(-c7ccc8ccccc8c7)ccc6c5)cc4)c4ccc5oc6ccccc6c5c4)cc32)cc1. The van der Waals surface area contributed by atoms with Crippen LogP contribution in [0.5, 0.6) is 0 Å². The van der Waals surface area contributed by atoms with E-state index in [4.69, 9.17) is 4.42 Å². The number of furan rings is 1. The summed E-state index contributed by atoms with van der Waals surface area (Å²) < 4.78 is 6.40. The van der Waals surface area contributed by atoms with Gasteiger partial charge in [-0.1, -0.05) is 211 Å². The molecule has 0 spiro atoms. The summed E-state index contributed by atoms with van der Waals surface area (Å²) in [5.41, 5.74) is 19.5. The quantitative estimate of drug-likeness (QED) is 0.158. The lowest BCUT2D eigenvalue weighted by Crippen LogP contribution is -2.29. The Morgan fingerprint density at radius 2 is 0.795 bits per heavy atom. The van der Waals surface area contributed by atoms with Gasteiger partial charge in [0.15, 0.2) is 0 Å². The molecule has 0 amide bonds. The maximum absolute atomic E-state index is 6.40. The molecule has 0 radical (unpaired) electrons. The molecule has 2 nitrogen and oxygen atoms in total. The van der Waals surface area contributed by atoms with Crippen LogP contribution in [0.3, 0.4) is 0 Å². The third-order valence-corrected chi connectivity index (χ3v) is 15.7. The van der Waals surface area contributed by atoms with Gasteiger partial charge in [-0.2, -0.15) is 0 Å². The van der Waals surface area contributed by atoms with Crippen molar-refractivity contribution in [2.24, 2.45) is 0 Å². The molecule has 1 aliphatic rings. The maximum atomic E-state index is 6.40. The number of nitrogens with zero attached hydrogens (tertiary/aromatic N) is 1. The predicted octanol–water partition coefficient (Wildman–Crippen LogP) is 19.7. The van der Waals surface area contributed by atoms with Crippen LogP contribution in [-0.4, -0.2) is 0 Å². The van der Waals surface area contributed by atoms with E-state index >= 15 is 0 Å². The number of hydrogen-bond donors (Lipinski definition) is 0. The van der Waals surface area contributed by atoms with Crippen molar-refractivity contribution in [3.63, 3.8) is 0 Å². The molecule has 1 aromatic heterocycles. The van der Waals surface area contributed by atoms with Crippen LogP contribution in [0.4, 0.5) is 17.1 Å². The Morgan fingerprint density at radius 3 is 1.44 bits per heavy atom. The molecular formula is C71H57NO. The lowest BCUT2D eigenvalue weighted by molar-refractivity contribution is 0.588. The van der Waals surface area contributed by atoms with Gasteiger partial charge in [-0.25, -0.2) is 0 Å². The number of anilines is 3. The zero-order valence-corrected chi connectivity index (χ0v) is 42.4. The summed E-state index contributed by atoms with van der Waals surface area (Å²) in [6, 6.07) is 88.3. The molecule has 0 saturated heterocycles. The molecule has 73 heavy (non-hydrogen) atoms. The minimum atomic E-state index is -0.582. The molecule has 0 saturated carbocycles. The molecule has 0 bridgehead atoms. The highest BCUT2D eigenvalue weighted by molar-refractivity contribution is 6.07. The summed E-state index contributed by atoms with van der Waals surface area (Å²) in [6.45, 7) is 13.8. The zero-order valence-electron chi connectivity index (χ0n) is 42.4. The van der Waals surface area contributed by atoms with E-state index in [0.29, 0.717) is 0 Å². The van der Waals surface area contributed by atoms with Crippen molar-refractivity contribution in [2.45, 2.75) is 57.8 Å². The van der Waals surface area contributed by atoms with E-state index in [1.54, 1.807) is 0 Å². The third-order valence-electron chi connectivity index (χ3n) is 15.7. The number of benzene rings is 11. The Labute approximate surface area is 428 Å². The highest BCUT2D eigenvalue weighted by Crippen LogP contribution is 2.58. The topological polar surface area (TPSA) is 16.4 Å². The lowest BCUT2D eigenvalue weighted by atomic mass is 9.67. The molecular weight excluding hydrogens is 883 g/mol. The average molecular weight is 940 g/mol. The fraction of sp³-hybridized carbons (Fsp3) is 0.127.